The van der Waals surface area contributed by atoms with Crippen molar-refractivity contribution in [3.63, 3.8) is 0 Å². The van der Waals surface area contributed by atoms with Crippen LogP contribution in [0.4, 0.5) is 5.69 Å². The first-order valence-electron chi connectivity index (χ1n) is 5.97. The number of rotatable bonds is 2. The summed E-state index contributed by atoms with van der Waals surface area (Å²) in [5.74, 6) is 0.359. The van der Waals surface area contributed by atoms with Crippen LogP contribution in [-0.4, -0.2) is 17.2 Å². The zero-order valence-electron chi connectivity index (χ0n) is 9.74. The maximum atomic E-state index is 9.61. The van der Waals surface area contributed by atoms with E-state index in [0.29, 0.717) is 17.8 Å². The zero-order valence-corrected chi connectivity index (χ0v) is 9.74. The molecule has 0 aliphatic heterocycles. The summed E-state index contributed by atoms with van der Waals surface area (Å²) in [5, 5.41) is 13.1. The number of anilines is 1. The van der Waals surface area contributed by atoms with E-state index in [2.05, 4.69) is 5.32 Å². The van der Waals surface area contributed by atoms with Gasteiger partial charge in [0.05, 0.1) is 0 Å². The number of nitrogens with two attached hydrogens (primary N) is 1. The minimum Gasteiger partial charge on any atom is -0.508 e. The maximum absolute atomic E-state index is 9.61. The van der Waals surface area contributed by atoms with Gasteiger partial charge < -0.3 is 16.2 Å². The van der Waals surface area contributed by atoms with Crippen molar-refractivity contribution in [1.82, 2.24) is 0 Å². The van der Waals surface area contributed by atoms with Crippen molar-refractivity contribution < 1.29 is 5.11 Å². The summed E-state index contributed by atoms with van der Waals surface area (Å²) in [4.78, 5) is 0. The number of phenols is 1. The smallest absolute Gasteiger partial charge is 0.120 e. The molecular formula is C13H20N2O. The lowest BCUT2D eigenvalue weighted by atomic mass is 9.91. The van der Waals surface area contributed by atoms with E-state index in [0.717, 1.165) is 36.9 Å². The number of hydrogen-bond donors (Lipinski definition) is 3. The van der Waals surface area contributed by atoms with Crippen LogP contribution in [0, 0.1) is 6.92 Å². The monoisotopic (exact) mass is 220 g/mol. The predicted molar refractivity (Wildman–Crippen MR) is 66.7 cm³/mol. The first-order valence-corrected chi connectivity index (χ1v) is 5.97. The molecule has 2 rings (SSSR count). The van der Waals surface area contributed by atoms with E-state index < -0.39 is 0 Å². The van der Waals surface area contributed by atoms with Gasteiger partial charge in [-0.3, -0.25) is 0 Å². The van der Waals surface area contributed by atoms with Crippen molar-refractivity contribution in [2.75, 3.05) is 5.32 Å². The molecule has 3 heteroatoms. The number of hydrogen-bond acceptors (Lipinski definition) is 3. The Morgan fingerprint density at radius 3 is 2.56 bits per heavy atom. The van der Waals surface area contributed by atoms with Crippen LogP contribution in [0.3, 0.4) is 0 Å². The van der Waals surface area contributed by atoms with Crippen LogP contribution in [0.15, 0.2) is 18.2 Å². The van der Waals surface area contributed by atoms with E-state index in [4.69, 9.17) is 5.73 Å². The van der Waals surface area contributed by atoms with Gasteiger partial charge in [0, 0.05) is 23.8 Å². The quantitative estimate of drug-likeness (QED) is 0.717. The molecule has 1 aliphatic carbocycles. The van der Waals surface area contributed by atoms with E-state index in [1.54, 1.807) is 6.07 Å². The van der Waals surface area contributed by atoms with E-state index in [1.165, 1.54) is 0 Å². The van der Waals surface area contributed by atoms with Gasteiger partial charge in [-0.05, 0) is 44.2 Å². The highest BCUT2D eigenvalue weighted by atomic mass is 16.3. The van der Waals surface area contributed by atoms with Crippen LogP contribution >= 0.6 is 0 Å². The Bertz CT molecular complexity index is 357. The van der Waals surface area contributed by atoms with Crippen molar-refractivity contribution >= 4 is 5.69 Å². The minimum absolute atomic E-state index is 0.359. The summed E-state index contributed by atoms with van der Waals surface area (Å²) in [6.07, 6.45) is 4.43. The highest BCUT2D eigenvalue weighted by Gasteiger charge is 2.18. The molecule has 1 aromatic rings. The average molecular weight is 220 g/mol. The Hall–Kier alpha value is -1.22. The molecule has 4 N–H and O–H groups in total. The normalized spacial score (nSPS) is 25.4. The summed E-state index contributed by atoms with van der Waals surface area (Å²) in [6, 6.07) is 6.63. The van der Waals surface area contributed by atoms with Gasteiger partial charge in [-0.2, -0.15) is 0 Å². The lowest BCUT2D eigenvalue weighted by Crippen LogP contribution is -2.32. The molecule has 0 aromatic heterocycles. The molecule has 0 spiro atoms. The Morgan fingerprint density at radius 1 is 1.25 bits per heavy atom. The second-order valence-corrected chi connectivity index (χ2v) is 4.76. The third kappa shape index (κ3) is 2.67. The first-order chi connectivity index (χ1) is 7.65. The van der Waals surface area contributed by atoms with E-state index in [9.17, 15) is 5.11 Å². The Labute approximate surface area is 96.7 Å². The van der Waals surface area contributed by atoms with Gasteiger partial charge in [0.1, 0.15) is 5.75 Å². The highest BCUT2D eigenvalue weighted by molar-refractivity contribution is 5.51. The maximum Gasteiger partial charge on any atom is 0.120 e. The molecule has 0 radical (unpaired) electrons. The van der Waals surface area contributed by atoms with Crippen molar-refractivity contribution in [2.45, 2.75) is 44.7 Å². The molecule has 0 amide bonds. The van der Waals surface area contributed by atoms with Crippen molar-refractivity contribution in [2.24, 2.45) is 5.73 Å². The van der Waals surface area contributed by atoms with Gasteiger partial charge in [-0.15, -0.1) is 0 Å². The molecule has 16 heavy (non-hydrogen) atoms. The lowest BCUT2D eigenvalue weighted by molar-refractivity contribution is 0.411. The minimum atomic E-state index is 0.359. The van der Waals surface area contributed by atoms with Gasteiger partial charge in [0.25, 0.3) is 0 Å². The van der Waals surface area contributed by atoms with Crippen LogP contribution < -0.4 is 11.1 Å². The summed E-state index contributed by atoms with van der Waals surface area (Å²) in [6.45, 7) is 1.90. The second kappa shape index (κ2) is 4.74. The molecule has 0 unspecified atom stereocenters. The zero-order chi connectivity index (χ0) is 11.5. The second-order valence-electron chi connectivity index (χ2n) is 4.76. The molecule has 1 aromatic carbocycles. The van der Waals surface area contributed by atoms with E-state index >= 15 is 0 Å². The third-order valence-corrected chi connectivity index (χ3v) is 3.35. The van der Waals surface area contributed by atoms with Crippen LogP contribution in [0.25, 0.3) is 0 Å². The van der Waals surface area contributed by atoms with Crippen LogP contribution in [0.5, 0.6) is 5.75 Å². The Balaban J connectivity index is 1.96. The first kappa shape index (κ1) is 11.3. The molecule has 0 atom stereocenters. The number of phenolic OH excluding ortho intramolecular Hbond substituents is 1. The topological polar surface area (TPSA) is 58.3 Å². The molecule has 1 aliphatic rings. The molecule has 0 bridgehead atoms. The number of aromatic hydroxyl groups is 1. The van der Waals surface area contributed by atoms with Crippen LogP contribution in [0.1, 0.15) is 31.2 Å². The number of aryl methyl sites for hydroxylation is 1. The standard InChI is InChI=1S/C13H20N2O/c1-9-2-5-12(8-13(9)16)15-11-6-3-10(14)4-7-11/h2,5,8,10-11,15-16H,3-4,6-7,14H2,1H3. The average Bonchev–Trinajstić information content (AvgIpc) is 2.27. The molecule has 1 saturated carbocycles. The van der Waals surface area contributed by atoms with Gasteiger partial charge >= 0.3 is 0 Å². The Morgan fingerprint density at radius 2 is 1.94 bits per heavy atom. The fraction of sp³-hybridized carbons (Fsp3) is 0.538. The fourth-order valence-electron chi connectivity index (χ4n) is 2.20. The summed E-state index contributed by atoms with van der Waals surface area (Å²) in [7, 11) is 0. The predicted octanol–water partition coefficient (Wildman–Crippen LogP) is 2.38. The number of nitrogens with one attached hydrogen (secondary N) is 1. The summed E-state index contributed by atoms with van der Waals surface area (Å²) < 4.78 is 0. The molecule has 3 nitrogen and oxygen atoms in total. The van der Waals surface area contributed by atoms with Gasteiger partial charge in [0.2, 0.25) is 0 Å². The molecule has 1 fully saturated rings. The molecule has 0 saturated heterocycles. The van der Waals surface area contributed by atoms with E-state index in [-0.39, 0.29) is 0 Å². The van der Waals surface area contributed by atoms with Crippen LogP contribution in [0.2, 0.25) is 0 Å². The lowest BCUT2D eigenvalue weighted by Gasteiger charge is -2.27. The SMILES string of the molecule is Cc1ccc(NC2CCC(N)CC2)cc1O. The molecular weight excluding hydrogens is 200 g/mol. The third-order valence-electron chi connectivity index (χ3n) is 3.35. The molecule has 88 valence electrons. The summed E-state index contributed by atoms with van der Waals surface area (Å²) in [5.41, 5.74) is 7.78. The molecule has 0 heterocycles. The fourth-order valence-corrected chi connectivity index (χ4v) is 2.20. The van der Waals surface area contributed by atoms with Gasteiger partial charge in [-0.25, -0.2) is 0 Å². The summed E-state index contributed by atoms with van der Waals surface area (Å²) >= 11 is 0. The van der Waals surface area contributed by atoms with Crippen molar-refractivity contribution in [1.29, 1.82) is 0 Å². The number of benzene rings is 1. The Kier molecular flexibility index (Phi) is 3.34. The highest BCUT2D eigenvalue weighted by Crippen LogP contribution is 2.25. The van der Waals surface area contributed by atoms with E-state index in [1.807, 2.05) is 19.1 Å². The largest absolute Gasteiger partial charge is 0.508 e. The van der Waals surface area contributed by atoms with Crippen LogP contribution in [-0.2, 0) is 0 Å². The van der Waals surface area contributed by atoms with Crippen molar-refractivity contribution in [3.8, 4) is 5.75 Å². The van der Waals surface area contributed by atoms with Crippen molar-refractivity contribution in [3.05, 3.63) is 23.8 Å². The van der Waals surface area contributed by atoms with Gasteiger partial charge in [-0.1, -0.05) is 6.07 Å². The van der Waals surface area contributed by atoms with Gasteiger partial charge in [0.15, 0.2) is 0 Å².